The van der Waals surface area contributed by atoms with Crippen LogP contribution in [-0.2, 0) is 43.0 Å². The van der Waals surface area contributed by atoms with Crippen LogP contribution in [0.5, 0.6) is 0 Å². The summed E-state index contributed by atoms with van der Waals surface area (Å²) < 4.78 is 16.1. The van der Waals surface area contributed by atoms with Gasteiger partial charge in [0.05, 0.1) is 27.2 Å². The first-order valence-electron chi connectivity index (χ1n) is 21.5. The molecule has 12 heteroatoms. The van der Waals surface area contributed by atoms with Crippen LogP contribution in [-0.4, -0.2) is 90.2 Å². The normalized spacial score (nSPS) is 45.3. The fourth-order valence-electron chi connectivity index (χ4n) is 15.1. The highest BCUT2D eigenvalue weighted by Gasteiger charge is 2.75. The molecule has 0 saturated heterocycles. The van der Waals surface area contributed by atoms with E-state index in [0.29, 0.717) is 29.6 Å². The number of hydrogen-bond donors (Lipinski definition) is 3. The Morgan fingerprint density at radius 3 is 2.03 bits per heavy atom. The first kappa shape index (κ1) is 39.9. The van der Waals surface area contributed by atoms with Gasteiger partial charge in [-0.2, -0.15) is 0 Å². The maximum atomic E-state index is 15.1. The minimum atomic E-state index is -1.89. The van der Waals surface area contributed by atoms with Crippen LogP contribution in [0.1, 0.15) is 80.1 Å². The average Bonchev–Trinajstić information content (AvgIpc) is 4.14. The molecule has 318 valence electrons. The van der Waals surface area contributed by atoms with Crippen molar-refractivity contribution in [3.63, 3.8) is 0 Å². The molecule has 4 saturated carbocycles. The minimum Gasteiger partial charge on any atom is -0.469 e. The summed E-state index contributed by atoms with van der Waals surface area (Å²) in [5.74, 6) is -6.27. The number of Topliss-reactive ketones (excluding diaryl/α,β-unsaturated/α-hetero) is 3. The molecule has 0 aliphatic heterocycles. The monoisotopic (exact) mass is 822 g/mol. The molecule has 0 bridgehead atoms. The van der Waals surface area contributed by atoms with E-state index < -0.39 is 87.1 Å². The Kier molecular flexibility index (Phi) is 8.12. The molecule has 0 aromatic heterocycles. The molecule has 0 aromatic carbocycles. The van der Waals surface area contributed by atoms with E-state index in [2.05, 4.69) is 0 Å². The van der Waals surface area contributed by atoms with Gasteiger partial charge in [-0.05, 0) is 112 Å². The summed E-state index contributed by atoms with van der Waals surface area (Å²) in [4.78, 5) is 86.2. The second-order valence-corrected chi connectivity index (χ2v) is 20.2. The number of allylic oxidation sites excluding steroid dienone is 5. The predicted octanol–water partition coefficient (Wildman–Crippen LogP) is 4.18. The van der Waals surface area contributed by atoms with Crippen molar-refractivity contribution in [1.29, 1.82) is 0 Å². The molecule has 10 aliphatic rings. The van der Waals surface area contributed by atoms with E-state index in [1.807, 2.05) is 34.6 Å². The van der Waals surface area contributed by atoms with Gasteiger partial charge in [-0.15, -0.1) is 0 Å². The van der Waals surface area contributed by atoms with Crippen LogP contribution in [0.2, 0.25) is 0 Å². The average molecular weight is 823 g/mol. The summed E-state index contributed by atoms with van der Waals surface area (Å²) in [6.45, 7) is 10.9. The van der Waals surface area contributed by atoms with E-state index in [1.165, 1.54) is 28.3 Å². The fourth-order valence-corrected chi connectivity index (χ4v) is 15.1. The van der Waals surface area contributed by atoms with Gasteiger partial charge in [0.2, 0.25) is 0 Å². The molecule has 0 heterocycles. The predicted molar refractivity (Wildman–Crippen MR) is 212 cm³/mol. The van der Waals surface area contributed by atoms with Gasteiger partial charge in [0.25, 0.3) is 0 Å². The molecule has 0 radical (unpaired) electrons. The molecule has 12 nitrogen and oxygen atoms in total. The highest BCUT2D eigenvalue weighted by Crippen LogP contribution is 2.77. The highest BCUT2D eigenvalue weighted by molar-refractivity contribution is 6.13. The van der Waals surface area contributed by atoms with Crippen LogP contribution in [0.4, 0.5) is 0 Å². The van der Waals surface area contributed by atoms with Gasteiger partial charge in [-0.1, -0.05) is 49.1 Å². The smallest absolute Gasteiger partial charge is 0.333 e. The molecule has 15 atom stereocenters. The fraction of sp³-hybridized carbons (Fsp3) is 0.625. The summed E-state index contributed by atoms with van der Waals surface area (Å²) in [7, 11) is 3.66. The topological polar surface area (TPSA) is 191 Å². The van der Waals surface area contributed by atoms with Crippen LogP contribution in [0.25, 0.3) is 0 Å². The number of carbonyl (C=O) groups excluding carboxylic acids is 6. The molecule has 4 fully saturated rings. The van der Waals surface area contributed by atoms with Crippen LogP contribution in [0, 0.1) is 69.0 Å². The summed E-state index contributed by atoms with van der Waals surface area (Å²) in [5.41, 5.74) is 0.949. The Labute approximate surface area is 348 Å². The summed E-state index contributed by atoms with van der Waals surface area (Å²) in [6, 6.07) is 0. The largest absolute Gasteiger partial charge is 0.469 e. The van der Waals surface area contributed by atoms with E-state index in [-0.39, 0.29) is 70.6 Å². The van der Waals surface area contributed by atoms with Crippen molar-refractivity contribution >= 4 is 35.3 Å². The van der Waals surface area contributed by atoms with E-state index in [0.717, 1.165) is 35.1 Å². The zero-order chi connectivity index (χ0) is 43.2. The SMILES string of the molecule is COC(=O)/C(C)=C1\C(=O)[C@H](O)[C@]2(C)C3=C(CC[C@](C(=O)OC)(C4=CC5=C(C[C@@H](C(=O)OC)C6=C(C)C7=C(C)[C@H]8C[C@H]8[C@]7(C)[C@@H](O)C6=O)[C@H]6C[C@H]6[C@]5(C)[C@@H](O)C4=O)[C@H]31)[C@H]1C[C@H]12. The third kappa shape index (κ3) is 4.33. The standard InChI is InChI=1S/C48H54O12/c1-17-21-13-26(21)46(5)33(17)18(2)31(37(50)40(46)53)25(43(56)59-8)12-22-24-15-27(24)45(4)29(22)16-30(36(49)39(45)52)48(44(57)60-9)11-10-20-23-14-28(23)47(6)34(20)35(48)32(38(51)41(47)54)19(3)42(55)58-7/h16,21,23-28,35,39-41,52-54H,10-15H2,1-9H3/b32-19-/t21-,23-,24-,25-,26-,27-,28-,35+,39+,40+,41+,45+,46+,47+,48+/m1/s1. The third-order valence-corrected chi connectivity index (χ3v) is 18.3. The van der Waals surface area contributed by atoms with Gasteiger partial charge < -0.3 is 29.5 Å². The van der Waals surface area contributed by atoms with Crippen molar-refractivity contribution < 1.29 is 58.3 Å². The number of rotatable bonds is 7. The maximum Gasteiger partial charge on any atom is 0.333 e. The number of aliphatic hydroxyl groups is 3. The number of esters is 3. The second kappa shape index (κ2) is 12.2. The highest BCUT2D eigenvalue weighted by atomic mass is 16.5. The minimum absolute atomic E-state index is 0.0210. The van der Waals surface area contributed by atoms with Crippen LogP contribution >= 0.6 is 0 Å². The molecule has 3 N–H and O–H groups in total. The second-order valence-electron chi connectivity index (χ2n) is 20.2. The van der Waals surface area contributed by atoms with Crippen molar-refractivity contribution in [2.24, 2.45) is 69.0 Å². The Morgan fingerprint density at radius 1 is 0.783 bits per heavy atom. The molecule has 0 unspecified atom stereocenters. The summed E-state index contributed by atoms with van der Waals surface area (Å²) >= 11 is 0. The van der Waals surface area contributed by atoms with Gasteiger partial charge >= 0.3 is 17.9 Å². The number of ketones is 3. The molecule has 60 heavy (non-hydrogen) atoms. The van der Waals surface area contributed by atoms with Crippen molar-refractivity contribution in [2.75, 3.05) is 21.3 Å². The molecule has 0 spiro atoms. The number of aliphatic hydroxyl groups excluding tert-OH is 3. The molecule has 0 aromatic rings. The Hall–Kier alpha value is -4.26. The van der Waals surface area contributed by atoms with Crippen molar-refractivity contribution in [3.8, 4) is 0 Å². The molecular formula is C48H54O12. The number of fused-ring (bicyclic) bond motifs is 9. The number of ether oxygens (including phenoxy) is 3. The van der Waals surface area contributed by atoms with Crippen molar-refractivity contribution in [1.82, 2.24) is 0 Å². The van der Waals surface area contributed by atoms with Crippen molar-refractivity contribution in [3.05, 3.63) is 67.4 Å². The van der Waals surface area contributed by atoms with Gasteiger partial charge in [0.1, 0.15) is 23.7 Å². The summed E-state index contributed by atoms with van der Waals surface area (Å²) in [6.07, 6.45) is -0.0213. The Balaban J connectivity index is 1.18. The van der Waals surface area contributed by atoms with Crippen molar-refractivity contribution in [2.45, 2.75) is 98.4 Å². The van der Waals surface area contributed by atoms with Gasteiger partial charge in [-0.25, -0.2) is 4.79 Å². The lowest BCUT2D eigenvalue weighted by Gasteiger charge is -2.54. The summed E-state index contributed by atoms with van der Waals surface area (Å²) in [5, 5.41) is 36.0. The Morgan fingerprint density at radius 2 is 1.38 bits per heavy atom. The zero-order valence-corrected chi connectivity index (χ0v) is 35.7. The van der Waals surface area contributed by atoms with E-state index in [9.17, 15) is 39.3 Å². The van der Waals surface area contributed by atoms with Gasteiger partial charge in [0, 0.05) is 44.5 Å². The number of methoxy groups -OCH3 is 3. The quantitative estimate of drug-likeness (QED) is 0.144. The lowest BCUT2D eigenvalue weighted by Crippen LogP contribution is -2.59. The maximum absolute atomic E-state index is 15.1. The van der Waals surface area contributed by atoms with E-state index in [4.69, 9.17) is 14.2 Å². The molecule has 10 aliphatic carbocycles. The zero-order valence-electron chi connectivity index (χ0n) is 35.7. The first-order chi connectivity index (χ1) is 28.2. The third-order valence-electron chi connectivity index (χ3n) is 18.3. The van der Waals surface area contributed by atoms with Gasteiger partial charge in [0.15, 0.2) is 17.3 Å². The van der Waals surface area contributed by atoms with E-state index >= 15 is 4.79 Å². The lowest BCUT2D eigenvalue weighted by molar-refractivity contribution is -0.157. The lowest BCUT2D eigenvalue weighted by atomic mass is 9.47. The number of carbonyl (C=O) groups is 6. The number of hydrogen-bond acceptors (Lipinski definition) is 12. The molecule has 0 amide bonds. The molecular weight excluding hydrogens is 769 g/mol. The Bertz CT molecular complexity index is 2400. The van der Waals surface area contributed by atoms with Crippen LogP contribution in [0.3, 0.4) is 0 Å². The van der Waals surface area contributed by atoms with Crippen LogP contribution < -0.4 is 0 Å². The first-order valence-corrected chi connectivity index (χ1v) is 21.5. The van der Waals surface area contributed by atoms with Gasteiger partial charge in [-0.3, -0.25) is 24.0 Å². The van der Waals surface area contributed by atoms with E-state index in [1.54, 1.807) is 6.08 Å². The molecule has 10 rings (SSSR count). The van der Waals surface area contributed by atoms with Crippen LogP contribution in [0.15, 0.2) is 67.4 Å².